The van der Waals surface area contributed by atoms with Gasteiger partial charge in [-0.1, -0.05) is 68.4 Å². The van der Waals surface area contributed by atoms with Crippen molar-refractivity contribution in [3.05, 3.63) is 83.3 Å². The maximum atomic E-state index is 13.0. The normalized spacial score (nSPS) is 11.5. The van der Waals surface area contributed by atoms with Gasteiger partial charge in [-0.3, -0.25) is 4.68 Å². The highest BCUT2D eigenvalue weighted by atomic mass is 16.5. The fourth-order valence-corrected chi connectivity index (χ4v) is 5.53. The lowest BCUT2D eigenvalue weighted by Gasteiger charge is -2.12. The third kappa shape index (κ3) is 5.02. The molecule has 0 saturated carbocycles. The molecule has 5 aromatic rings. The fraction of sp³-hybridized carbons (Fsp3) is 0.312. The van der Waals surface area contributed by atoms with Gasteiger partial charge in [0.15, 0.2) is 0 Å². The second-order valence-corrected chi connectivity index (χ2v) is 10.00. The molecule has 0 aliphatic rings. The molecular formula is C32H35N3O4. The molecule has 0 aliphatic heterocycles. The zero-order chi connectivity index (χ0) is 27.5. The van der Waals surface area contributed by atoms with Crippen LogP contribution < -0.4 is 4.74 Å². The number of benzene rings is 3. The largest absolute Gasteiger partial charge is 0.493 e. The van der Waals surface area contributed by atoms with Crippen LogP contribution in [-0.2, 0) is 24.8 Å². The van der Waals surface area contributed by atoms with Gasteiger partial charge in [0.1, 0.15) is 11.4 Å². The number of carbonyl (C=O) groups is 1. The number of aliphatic hydroxyl groups is 1. The van der Waals surface area contributed by atoms with Gasteiger partial charge >= 0.3 is 5.97 Å². The molecule has 2 N–H and O–H groups in total. The van der Waals surface area contributed by atoms with E-state index in [-0.39, 0.29) is 18.5 Å². The Labute approximate surface area is 228 Å². The summed E-state index contributed by atoms with van der Waals surface area (Å²) in [5, 5.41) is 17.9. The highest BCUT2D eigenvalue weighted by Gasteiger charge is 2.25. The molecule has 0 fully saturated rings. The minimum absolute atomic E-state index is 0.171. The predicted molar refractivity (Wildman–Crippen MR) is 154 cm³/mol. The van der Waals surface area contributed by atoms with E-state index in [1.165, 1.54) is 0 Å². The number of rotatable bonds is 10. The number of ether oxygens (including phenoxy) is 2. The van der Waals surface area contributed by atoms with Gasteiger partial charge in [-0.15, -0.1) is 0 Å². The molecule has 0 saturated heterocycles. The first-order valence-electron chi connectivity index (χ1n) is 13.5. The quantitative estimate of drug-likeness (QED) is 0.160. The molecule has 0 radical (unpaired) electrons. The minimum Gasteiger partial charge on any atom is -0.493 e. The van der Waals surface area contributed by atoms with Crippen LogP contribution in [0.2, 0.25) is 0 Å². The Balaban J connectivity index is 1.50. The van der Waals surface area contributed by atoms with Crippen molar-refractivity contribution < 1.29 is 19.4 Å². The van der Waals surface area contributed by atoms with E-state index in [9.17, 15) is 9.90 Å². The Morgan fingerprint density at radius 1 is 1.05 bits per heavy atom. The summed E-state index contributed by atoms with van der Waals surface area (Å²) in [5.74, 6) is 0.676. The standard InChI is InChI=1S/C32H35N3O4/c1-5-38-32(37)30-24(16-10-18-39-27-17-8-12-21-11-6-7-13-22(21)27)23-14-9-15-25(29(23)33-30)28-26(19-36)34-35(4)31(28)20(2)3/h6-9,11-15,17,20,33,36H,5,10,16,18-19H2,1-4H3. The number of para-hydroxylation sites is 1. The Bertz CT molecular complexity index is 1620. The predicted octanol–water partition coefficient (Wildman–Crippen LogP) is 6.53. The first kappa shape index (κ1) is 26.5. The van der Waals surface area contributed by atoms with Gasteiger partial charge in [0.2, 0.25) is 0 Å². The Kier molecular flexibility index (Phi) is 7.70. The molecule has 0 spiro atoms. The molecule has 3 aromatic carbocycles. The molecule has 2 heterocycles. The number of nitrogens with one attached hydrogen (secondary N) is 1. The summed E-state index contributed by atoms with van der Waals surface area (Å²) in [5.41, 5.74) is 5.68. The molecule has 5 rings (SSSR count). The van der Waals surface area contributed by atoms with Gasteiger partial charge in [0.25, 0.3) is 0 Å². The van der Waals surface area contributed by atoms with Crippen LogP contribution >= 0.6 is 0 Å². The molecule has 2 aromatic heterocycles. The lowest BCUT2D eigenvalue weighted by atomic mass is 9.94. The van der Waals surface area contributed by atoms with Crippen molar-refractivity contribution in [1.82, 2.24) is 14.8 Å². The summed E-state index contributed by atoms with van der Waals surface area (Å²) in [4.78, 5) is 16.4. The van der Waals surface area contributed by atoms with Crippen LogP contribution in [0, 0.1) is 0 Å². The first-order chi connectivity index (χ1) is 18.9. The molecule has 0 unspecified atom stereocenters. The van der Waals surface area contributed by atoms with Crippen molar-refractivity contribution in [3.8, 4) is 16.9 Å². The van der Waals surface area contributed by atoms with Crippen molar-refractivity contribution in [3.63, 3.8) is 0 Å². The number of aryl methyl sites for hydroxylation is 2. The number of carbonyl (C=O) groups excluding carboxylic acids is 1. The van der Waals surface area contributed by atoms with Crippen molar-refractivity contribution in [2.75, 3.05) is 13.2 Å². The SMILES string of the molecule is CCOC(=O)c1[nH]c2c(-c3c(CO)nn(C)c3C(C)C)cccc2c1CCCOc1cccc2ccccc12. The summed E-state index contributed by atoms with van der Waals surface area (Å²) in [6.07, 6.45) is 1.36. The Morgan fingerprint density at radius 3 is 2.56 bits per heavy atom. The van der Waals surface area contributed by atoms with E-state index in [0.29, 0.717) is 31.0 Å². The number of hydrogen-bond acceptors (Lipinski definition) is 5. The van der Waals surface area contributed by atoms with Crippen LogP contribution in [0.25, 0.3) is 32.8 Å². The maximum Gasteiger partial charge on any atom is 0.355 e. The summed E-state index contributed by atoms with van der Waals surface area (Å²) in [6, 6.07) is 20.3. The van der Waals surface area contributed by atoms with Crippen molar-refractivity contribution in [2.45, 2.75) is 46.1 Å². The Hall–Kier alpha value is -4.10. The second-order valence-electron chi connectivity index (χ2n) is 10.00. The Morgan fingerprint density at radius 2 is 1.79 bits per heavy atom. The number of H-pyrrole nitrogens is 1. The van der Waals surface area contributed by atoms with Crippen LogP contribution in [0.15, 0.2) is 60.7 Å². The number of aliphatic hydroxyl groups excluding tert-OH is 1. The van der Waals surface area contributed by atoms with E-state index in [1.54, 1.807) is 0 Å². The van der Waals surface area contributed by atoms with E-state index in [2.05, 4.69) is 42.1 Å². The number of hydrogen-bond donors (Lipinski definition) is 2. The van der Waals surface area contributed by atoms with E-state index in [0.717, 1.165) is 56.2 Å². The number of aromatic amines is 1. The first-order valence-corrected chi connectivity index (χ1v) is 13.5. The number of aromatic nitrogens is 3. The van der Waals surface area contributed by atoms with Gasteiger partial charge in [-0.25, -0.2) is 4.79 Å². The number of esters is 1. The zero-order valence-corrected chi connectivity index (χ0v) is 23.0. The zero-order valence-electron chi connectivity index (χ0n) is 23.0. The third-order valence-electron chi connectivity index (χ3n) is 7.13. The topological polar surface area (TPSA) is 89.4 Å². The van der Waals surface area contributed by atoms with E-state index in [4.69, 9.17) is 9.47 Å². The number of fused-ring (bicyclic) bond motifs is 2. The van der Waals surface area contributed by atoms with E-state index in [1.807, 2.05) is 61.1 Å². The molecule has 0 amide bonds. The average molecular weight is 526 g/mol. The van der Waals surface area contributed by atoms with Gasteiger partial charge in [-0.2, -0.15) is 5.10 Å². The summed E-state index contributed by atoms with van der Waals surface area (Å²) in [6.45, 7) is 6.67. The molecule has 202 valence electrons. The summed E-state index contributed by atoms with van der Waals surface area (Å²) in [7, 11) is 1.90. The molecule has 39 heavy (non-hydrogen) atoms. The van der Waals surface area contributed by atoms with E-state index >= 15 is 0 Å². The van der Waals surface area contributed by atoms with Gasteiger partial charge in [0.05, 0.1) is 31.0 Å². The summed E-state index contributed by atoms with van der Waals surface area (Å²) < 4.78 is 13.4. The van der Waals surface area contributed by atoms with Crippen LogP contribution in [0.3, 0.4) is 0 Å². The second kappa shape index (κ2) is 11.3. The molecule has 0 bridgehead atoms. The summed E-state index contributed by atoms with van der Waals surface area (Å²) >= 11 is 0. The maximum absolute atomic E-state index is 13.0. The lowest BCUT2D eigenvalue weighted by molar-refractivity contribution is 0.0519. The monoisotopic (exact) mass is 525 g/mol. The third-order valence-corrected chi connectivity index (χ3v) is 7.13. The van der Waals surface area contributed by atoms with Crippen LogP contribution in [0.1, 0.15) is 60.5 Å². The van der Waals surface area contributed by atoms with Crippen LogP contribution in [-0.4, -0.2) is 39.1 Å². The smallest absolute Gasteiger partial charge is 0.355 e. The highest BCUT2D eigenvalue weighted by molar-refractivity contribution is 6.04. The fourth-order valence-electron chi connectivity index (χ4n) is 5.53. The van der Waals surface area contributed by atoms with Gasteiger partial charge in [0, 0.05) is 34.6 Å². The van der Waals surface area contributed by atoms with Crippen molar-refractivity contribution >= 4 is 27.6 Å². The van der Waals surface area contributed by atoms with Crippen molar-refractivity contribution in [2.24, 2.45) is 7.05 Å². The molecule has 7 heteroatoms. The molecule has 0 aliphatic carbocycles. The van der Waals surface area contributed by atoms with Crippen LogP contribution in [0.5, 0.6) is 5.75 Å². The molecule has 7 nitrogen and oxygen atoms in total. The van der Waals surface area contributed by atoms with Crippen LogP contribution in [0.4, 0.5) is 0 Å². The van der Waals surface area contributed by atoms with Gasteiger partial charge < -0.3 is 19.6 Å². The highest BCUT2D eigenvalue weighted by Crippen LogP contribution is 2.38. The minimum atomic E-state index is -0.373. The molecule has 0 atom stereocenters. The average Bonchev–Trinajstić information content (AvgIpc) is 3.48. The molecular weight excluding hydrogens is 490 g/mol. The lowest BCUT2D eigenvalue weighted by Crippen LogP contribution is -2.09. The number of nitrogens with zero attached hydrogens (tertiary/aromatic N) is 2. The van der Waals surface area contributed by atoms with E-state index < -0.39 is 0 Å². The van der Waals surface area contributed by atoms with Crippen molar-refractivity contribution in [1.29, 1.82) is 0 Å². The van der Waals surface area contributed by atoms with Gasteiger partial charge in [-0.05, 0) is 42.7 Å².